The summed E-state index contributed by atoms with van der Waals surface area (Å²) in [7, 11) is 1.62. The summed E-state index contributed by atoms with van der Waals surface area (Å²) in [6, 6.07) is 9.39. The van der Waals surface area contributed by atoms with E-state index in [2.05, 4.69) is 15.4 Å². The Morgan fingerprint density at radius 3 is 2.48 bits per heavy atom. The summed E-state index contributed by atoms with van der Waals surface area (Å²) in [6.45, 7) is 4.38. The number of hydrogen-bond acceptors (Lipinski definition) is 6. The van der Waals surface area contributed by atoms with Gasteiger partial charge in [0.05, 0.1) is 18.4 Å². The number of nitrogens with zero attached hydrogens (tertiary/aromatic N) is 2. The third-order valence-corrected chi connectivity index (χ3v) is 2.70. The van der Waals surface area contributed by atoms with Crippen molar-refractivity contribution in [1.29, 1.82) is 0 Å². The zero-order valence-corrected chi connectivity index (χ0v) is 12.5. The third-order valence-electron chi connectivity index (χ3n) is 2.70. The van der Waals surface area contributed by atoms with Crippen LogP contribution < -0.4 is 16.0 Å². The summed E-state index contributed by atoms with van der Waals surface area (Å²) in [5.74, 6) is 7.40. The molecule has 0 aliphatic rings. The van der Waals surface area contributed by atoms with Crippen molar-refractivity contribution >= 4 is 5.82 Å². The zero-order chi connectivity index (χ0) is 15.2. The third kappa shape index (κ3) is 4.14. The van der Waals surface area contributed by atoms with E-state index in [4.69, 9.17) is 15.3 Å². The van der Waals surface area contributed by atoms with Gasteiger partial charge >= 0.3 is 0 Å². The molecule has 112 valence electrons. The molecule has 1 heterocycles. The smallest absolute Gasteiger partial charge is 0.161 e. The van der Waals surface area contributed by atoms with Crippen molar-refractivity contribution < 1.29 is 9.47 Å². The SMILES string of the molecule is COCc1cc(NN)nc(-c2ccc(OC(C)C)cc2)n1. The van der Waals surface area contributed by atoms with E-state index < -0.39 is 0 Å². The van der Waals surface area contributed by atoms with Crippen molar-refractivity contribution in [2.24, 2.45) is 5.84 Å². The highest BCUT2D eigenvalue weighted by molar-refractivity contribution is 5.58. The molecular formula is C15H20N4O2. The van der Waals surface area contributed by atoms with Gasteiger partial charge < -0.3 is 14.9 Å². The van der Waals surface area contributed by atoms with E-state index in [0.29, 0.717) is 18.2 Å². The minimum atomic E-state index is 0.144. The summed E-state index contributed by atoms with van der Waals surface area (Å²) in [4.78, 5) is 8.81. The Hall–Kier alpha value is -2.18. The van der Waals surface area contributed by atoms with Crippen molar-refractivity contribution in [2.75, 3.05) is 12.5 Å². The highest BCUT2D eigenvalue weighted by Crippen LogP contribution is 2.22. The molecule has 6 nitrogen and oxygen atoms in total. The Labute approximate surface area is 124 Å². The van der Waals surface area contributed by atoms with E-state index >= 15 is 0 Å². The quantitative estimate of drug-likeness (QED) is 0.627. The molecule has 0 aliphatic carbocycles. The fourth-order valence-corrected chi connectivity index (χ4v) is 1.88. The second-order valence-corrected chi connectivity index (χ2v) is 4.84. The molecular weight excluding hydrogens is 268 g/mol. The number of rotatable bonds is 6. The number of anilines is 1. The van der Waals surface area contributed by atoms with Gasteiger partial charge in [0.25, 0.3) is 0 Å². The van der Waals surface area contributed by atoms with Crippen molar-refractivity contribution in [3.63, 3.8) is 0 Å². The van der Waals surface area contributed by atoms with Crippen LogP contribution in [-0.4, -0.2) is 23.2 Å². The number of nitrogen functional groups attached to an aromatic ring is 1. The monoisotopic (exact) mass is 288 g/mol. The Morgan fingerprint density at radius 2 is 1.90 bits per heavy atom. The van der Waals surface area contributed by atoms with Crippen LogP contribution in [0.4, 0.5) is 5.82 Å². The number of methoxy groups -OCH3 is 1. The van der Waals surface area contributed by atoms with E-state index in [1.54, 1.807) is 13.2 Å². The first kappa shape index (κ1) is 15.2. The number of nitrogens with two attached hydrogens (primary N) is 1. The summed E-state index contributed by atoms with van der Waals surface area (Å²) in [6.07, 6.45) is 0.144. The molecule has 2 rings (SSSR count). The minimum absolute atomic E-state index is 0.144. The molecule has 1 aromatic heterocycles. The molecule has 3 N–H and O–H groups in total. The van der Waals surface area contributed by atoms with Gasteiger partial charge in [-0.25, -0.2) is 15.8 Å². The molecule has 21 heavy (non-hydrogen) atoms. The van der Waals surface area contributed by atoms with Gasteiger partial charge in [-0.15, -0.1) is 0 Å². The predicted molar refractivity (Wildman–Crippen MR) is 81.8 cm³/mol. The van der Waals surface area contributed by atoms with Gasteiger partial charge in [-0.2, -0.15) is 0 Å². The average molecular weight is 288 g/mol. The van der Waals surface area contributed by atoms with Gasteiger partial charge in [0, 0.05) is 18.7 Å². The molecule has 0 amide bonds. The van der Waals surface area contributed by atoms with E-state index in [0.717, 1.165) is 17.0 Å². The van der Waals surface area contributed by atoms with E-state index in [1.165, 1.54) is 0 Å². The second-order valence-electron chi connectivity index (χ2n) is 4.84. The van der Waals surface area contributed by atoms with E-state index in [-0.39, 0.29) is 6.10 Å². The zero-order valence-electron chi connectivity index (χ0n) is 12.5. The molecule has 0 spiro atoms. The molecule has 0 unspecified atom stereocenters. The summed E-state index contributed by atoms with van der Waals surface area (Å²) < 4.78 is 10.7. The van der Waals surface area contributed by atoms with Crippen molar-refractivity contribution in [3.8, 4) is 17.1 Å². The molecule has 0 radical (unpaired) electrons. The molecule has 0 atom stereocenters. The first-order chi connectivity index (χ1) is 10.1. The van der Waals surface area contributed by atoms with Crippen LogP contribution in [0.1, 0.15) is 19.5 Å². The highest BCUT2D eigenvalue weighted by atomic mass is 16.5. The Kier molecular flexibility index (Phi) is 5.08. The first-order valence-electron chi connectivity index (χ1n) is 6.73. The lowest BCUT2D eigenvalue weighted by molar-refractivity contribution is 0.181. The average Bonchev–Trinajstić information content (AvgIpc) is 2.47. The number of benzene rings is 1. The number of nitrogens with one attached hydrogen (secondary N) is 1. The number of ether oxygens (including phenoxy) is 2. The van der Waals surface area contributed by atoms with Crippen LogP contribution >= 0.6 is 0 Å². The van der Waals surface area contributed by atoms with Crippen LogP contribution in [0.25, 0.3) is 11.4 Å². The Bertz CT molecular complexity index is 585. The van der Waals surface area contributed by atoms with Gasteiger partial charge in [-0.3, -0.25) is 0 Å². The fraction of sp³-hybridized carbons (Fsp3) is 0.333. The predicted octanol–water partition coefficient (Wildman–Crippen LogP) is 2.36. The van der Waals surface area contributed by atoms with Gasteiger partial charge in [0.1, 0.15) is 11.6 Å². The molecule has 6 heteroatoms. The maximum atomic E-state index is 5.62. The standard InChI is InChI=1S/C15H20N4O2/c1-10(2)21-13-6-4-11(5-7-13)15-17-12(9-20-3)8-14(18-15)19-16/h4-8,10H,9,16H2,1-3H3,(H,17,18,19). The highest BCUT2D eigenvalue weighted by Gasteiger charge is 2.07. The van der Waals surface area contributed by atoms with E-state index in [1.807, 2.05) is 38.1 Å². The normalized spacial score (nSPS) is 10.7. The Balaban J connectivity index is 2.29. The molecule has 0 fully saturated rings. The molecule has 1 aromatic carbocycles. The number of aromatic nitrogens is 2. The first-order valence-corrected chi connectivity index (χ1v) is 6.73. The van der Waals surface area contributed by atoms with Crippen LogP contribution in [0.15, 0.2) is 30.3 Å². The second kappa shape index (κ2) is 7.01. The molecule has 0 aliphatic heterocycles. The lowest BCUT2D eigenvalue weighted by Crippen LogP contribution is -2.11. The van der Waals surface area contributed by atoms with Crippen LogP contribution in [-0.2, 0) is 11.3 Å². The van der Waals surface area contributed by atoms with Crippen molar-refractivity contribution in [1.82, 2.24) is 9.97 Å². The van der Waals surface area contributed by atoms with Crippen LogP contribution in [0.5, 0.6) is 5.75 Å². The largest absolute Gasteiger partial charge is 0.491 e. The minimum Gasteiger partial charge on any atom is -0.491 e. The van der Waals surface area contributed by atoms with Crippen LogP contribution in [0.2, 0.25) is 0 Å². The van der Waals surface area contributed by atoms with Crippen molar-refractivity contribution in [3.05, 3.63) is 36.0 Å². The lowest BCUT2D eigenvalue weighted by atomic mass is 10.2. The molecule has 2 aromatic rings. The van der Waals surface area contributed by atoms with Gasteiger partial charge in [0.15, 0.2) is 5.82 Å². The molecule has 0 saturated carbocycles. The molecule has 0 saturated heterocycles. The lowest BCUT2D eigenvalue weighted by Gasteiger charge is -2.10. The van der Waals surface area contributed by atoms with E-state index in [9.17, 15) is 0 Å². The van der Waals surface area contributed by atoms with Gasteiger partial charge in [0.2, 0.25) is 0 Å². The maximum absolute atomic E-state index is 5.62. The summed E-state index contributed by atoms with van der Waals surface area (Å²) >= 11 is 0. The van der Waals surface area contributed by atoms with Crippen LogP contribution in [0.3, 0.4) is 0 Å². The Morgan fingerprint density at radius 1 is 1.19 bits per heavy atom. The van der Waals surface area contributed by atoms with Crippen LogP contribution in [0, 0.1) is 0 Å². The number of hydrazine groups is 1. The summed E-state index contributed by atoms with van der Waals surface area (Å²) in [5, 5.41) is 0. The topological polar surface area (TPSA) is 82.3 Å². The maximum Gasteiger partial charge on any atom is 0.161 e. The summed E-state index contributed by atoms with van der Waals surface area (Å²) in [5.41, 5.74) is 4.19. The van der Waals surface area contributed by atoms with Gasteiger partial charge in [-0.1, -0.05) is 0 Å². The van der Waals surface area contributed by atoms with Gasteiger partial charge in [-0.05, 0) is 38.1 Å². The fourth-order valence-electron chi connectivity index (χ4n) is 1.88. The van der Waals surface area contributed by atoms with Crippen molar-refractivity contribution in [2.45, 2.75) is 26.6 Å². The molecule has 0 bridgehead atoms. The number of hydrogen-bond donors (Lipinski definition) is 2.